The van der Waals surface area contributed by atoms with Crippen molar-refractivity contribution < 1.29 is 5.11 Å². The topological polar surface area (TPSA) is 23.5 Å². The first-order chi connectivity index (χ1) is 9.11. The van der Waals surface area contributed by atoms with E-state index in [1.54, 1.807) is 0 Å². The van der Waals surface area contributed by atoms with E-state index in [2.05, 4.69) is 42.7 Å². The first kappa shape index (κ1) is 14.1. The maximum absolute atomic E-state index is 8.82. The van der Waals surface area contributed by atoms with Crippen molar-refractivity contribution in [2.24, 2.45) is 5.41 Å². The molecular formula is C17H23NO. The highest BCUT2D eigenvalue weighted by atomic mass is 16.2. The van der Waals surface area contributed by atoms with E-state index in [1.165, 1.54) is 24.9 Å². The largest absolute Gasteiger partial charge is 0.384 e. The van der Waals surface area contributed by atoms with E-state index in [1.807, 2.05) is 12.1 Å². The van der Waals surface area contributed by atoms with Crippen molar-refractivity contribution in [2.45, 2.75) is 33.2 Å². The van der Waals surface area contributed by atoms with Gasteiger partial charge in [0.05, 0.1) is 0 Å². The minimum Gasteiger partial charge on any atom is -0.384 e. The van der Waals surface area contributed by atoms with Crippen molar-refractivity contribution in [3.8, 4) is 11.8 Å². The van der Waals surface area contributed by atoms with Crippen LogP contribution in [0.15, 0.2) is 24.3 Å². The lowest BCUT2D eigenvalue weighted by Gasteiger charge is -2.38. The van der Waals surface area contributed by atoms with Gasteiger partial charge in [0.1, 0.15) is 6.61 Å². The molecule has 102 valence electrons. The van der Waals surface area contributed by atoms with Gasteiger partial charge in [-0.3, -0.25) is 4.90 Å². The first-order valence-corrected chi connectivity index (χ1v) is 7.01. The summed E-state index contributed by atoms with van der Waals surface area (Å²) < 4.78 is 0. The molecule has 0 bridgehead atoms. The van der Waals surface area contributed by atoms with Gasteiger partial charge in [-0.1, -0.05) is 43.9 Å². The van der Waals surface area contributed by atoms with Crippen LogP contribution in [0.1, 0.15) is 37.8 Å². The van der Waals surface area contributed by atoms with Crippen molar-refractivity contribution in [1.29, 1.82) is 0 Å². The molecule has 1 heterocycles. The zero-order chi connectivity index (χ0) is 13.7. The summed E-state index contributed by atoms with van der Waals surface area (Å²) in [6.45, 7) is 7.89. The molecule has 0 amide bonds. The second-order valence-corrected chi connectivity index (χ2v) is 6.10. The Morgan fingerprint density at radius 2 is 2.11 bits per heavy atom. The van der Waals surface area contributed by atoms with Gasteiger partial charge in [-0.05, 0) is 36.4 Å². The van der Waals surface area contributed by atoms with Crippen LogP contribution in [-0.2, 0) is 6.54 Å². The normalized spacial score (nSPS) is 18.7. The van der Waals surface area contributed by atoms with Gasteiger partial charge in [-0.25, -0.2) is 0 Å². The maximum atomic E-state index is 8.82. The predicted molar refractivity (Wildman–Crippen MR) is 78.7 cm³/mol. The number of benzene rings is 1. The zero-order valence-electron chi connectivity index (χ0n) is 11.9. The van der Waals surface area contributed by atoms with Crippen LogP contribution in [0.5, 0.6) is 0 Å². The molecule has 0 atom stereocenters. The fourth-order valence-corrected chi connectivity index (χ4v) is 2.84. The molecule has 1 aliphatic rings. The Balaban J connectivity index is 2.10. The highest BCUT2D eigenvalue weighted by Crippen LogP contribution is 2.29. The van der Waals surface area contributed by atoms with E-state index in [0.29, 0.717) is 5.41 Å². The van der Waals surface area contributed by atoms with E-state index in [4.69, 9.17) is 5.11 Å². The van der Waals surface area contributed by atoms with Gasteiger partial charge >= 0.3 is 0 Å². The summed E-state index contributed by atoms with van der Waals surface area (Å²) in [6.07, 6.45) is 2.59. The fourth-order valence-electron chi connectivity index (χ4n) is 2.84. The summed E-state index contributed by atoms with van der Waals surface area (Å²) in [5, 5.41) is 8.82. The van der Waals surface area contributed by atoms with Crippen LogP contribution in [0.3, 0.4) is 0 Å². The first-order valence-electron chi connectivity index (χ1n) is 7.01. The maximum Gasteiger partial charge on any atom is 0.104 e. The van der Waals surface area contributed by atoms with Gasteiger partial charge in [0.15, 0.2) is 0 Å². The van der Waals surface area contributed by atoms with E-state index in [-0.39, 0.29) is 6.61 Å². The number of nitrogens with zero attached hydrogens (tertiary/aromatic N) is 1. The van der Waals surface area contributed by atoms with Gasteiger partial charge in [0.2, 0.25) is 0 Å². The molecule has 1 aliphatic heterocycles. The lowest BCUT2D eigenvalue weighted by atomic mass is 9.84. The SMILES string of the molecule is CC1(C)CCCN(Cc2ccccc2C#CCO)C1. The highest BCUT2D eigenvalue weighted by Gasteiger charge is 2.26. The van der Waals surface area contributed by atoms with Crippen LogP contribution in [0.4, 0.5) is 0 Å². The Hall–Kier alpha value is -1.30. The minimum atomic E-state index is -0.0783. The molecule has 19 heavy (non-hydrogen) atoms. The number of likely N-dealkylation sites (tertiary alicyclic amines) is 1. The molecular weight excluding hydrogens is 234 g/mol. The van der Waals surface area contributed by atoms with Crippen LogP contribution < -0.4 is 0 Å². The number of rotatable bonds is 2. The third-order valence-corrected chi connectivity index (χ3v) is 3.69. The summed E-state index contributed by atoms with van der Waals surface area (Å²) in [6, 6.07) is 8.25. The van der Waals surface area contributed by atoms with Crippen LogP contribution in [0, 0.1) is 17.3 Å². The van der Waals surface area contributed by atoms with Gasteiger partial charge in [-0.15, -0.1) is 0 Å². The average molecular weight is 257 g/mol. The third-order valence-electron chi connectivity index (χ3n) is 3.69. The molecule has 2 rings (SSSR count). The van der Waals surface area contributed by atoms with E-state index in [0.717, 1.165) is 18.7 Å². The van der Waals surface area contributed by atoms with Gasteiger partial charge in [0.25, 0.3) is 0 Å². The number of aliphatic hydroxyl groups excluding tert-OH is 1. The lowest BCUT2D eigenvalue weighted by Crippen LogP contribution is -2.39. The van der Waals surface area contributed by atoms with Gasteiger partial charge in [-0.2, -0.15) is 0 Å². The number of aliphatic hydroxyl groups is 1. The molecule has 1 saturated heterocycles. The lowest BCUT2D eigenvalue weighted by molar-refractivity contribution is 0.111. The van der Waals surface area contributed by atoms with Gasteiger partial charge < -0.3 is 5.11 Å². The van der Waals surface area contributed by atoms with Crippen molar-refractivity contribution in [2.75, 3.05) is 19.7 Å². The van der Waals surface area contributed by atoms with Crippen LogP contribution in [0.25, 0.3) is 0 Å². The molecule has 1 fully saturated rings. The molecule has 1 aromatic rings. The van der Waals surface area contributed by atoms with E-state index < -0.39 is 0 Å². The third kappa shape index (κ3) is 4.09. The summed E-state index contributed by atoms with van der Waals surface area (Å²) in [4.78, 5) is 2.52. The van der Waals surface area contributed by atoms with E-state index in [9.17, 15) is 0 Å². The minimum absolute atomic E-state index is 0.0783. The Morgan fingerprint density at radius 3 is 2.84 bits per heavy atom. The summed E-state index contributed by atoms with van der Waals surface area (Å²) >= 11 is 0. The zero-order valence-corrected chi connectivity index (χ0v) is 11.9. The Kier molecular flexibility index (Phi) is 4.63. The molecule has 2 nitrogen and oxygen atoms in total. The van der Waals surface area contributed by atoms with Crippen LogP contribution in [0.2, 0.25) is 0 Å². The molecule has 0 spiro atoms. The number of piperidine rings is 1. The molecule has 1 N–H and O–H groups in total. The van der Waals surface area contributed by atoms with Crippen LogP contribution in [-0.4, -0.2) is 29.7 Å². The number of hydrogen-bond acceptors (Lipinski definition) is 2. The molecule has 0 unspecified atom stereocenters. The second kappa shape index (κ2) is 6.23. The van der Waals surface area contributed by atoms with Gasteiger partial charge in [0, 0.05) is 18.7 Å². The summed E-state index contributed by atoms with van der Waals surface area (Å²) in [7, 11) is 0. The van der Waals surface area contributed by atoms with E-state index >= 15 is 0 Å². The standard InChI is InChI=1S/C17H23NO/c1-17(2)10-6-11-18(14-17)13-16-8-4-3-7-15(16)9-5-12-19/h3-4,7-8,19H,6,10-14H2,1-2H3. The van der Waals surface area contributed by atoms with Crippen molar-refractivity contribution in [3.63, 3.8) is 0 Å². The molecule has 2 heteroatoms. The average Bonchev–Trinajstić information content (AvgIpc) is 2.36. The van der Waals surface area contributed by atoms with Crippen molar-refractivity contribution >= 4 is 0 Å². The summed E-state index contributed by atoms with van der Waals surface area (Å²) in [5.74, 6) is 5.79. The molecule has 0 saturated carbocycles. The monoisotopic (exact) mass is 257 g/mol. The Bertz CT molecular complexity index is 482. The molecule has 0 radical (unpaired) electrons. The van der Waals surface area contributed by atoms with Crippen LogP contribution >= 0.6 is 0 Å². The fraction of sp³-hybridized carbons (Fsp3) is 0.529. The Labute approximate surface area is 116 Å². The quantitative estimate of drug-likeness (QED) is 0.823. The smallest absolute Gasteiger partial charge is 0.104 e. The Morgan fingerprint density at radius 1 is 1.32 bits per heavy atom. The van der Waals surface area contributed by atoms with Crippen molar-refractivity contribution in [3.05, 3.63) is 35.4 Å². The number of hydrogen-bond donors (Lipinski definition) is 1. The van der Waals surface area contributed by atoms with Crippen molar-refractivity contribution in [1.82, 2.24) is 4.90 Å². The molecule has 1 aromatic carbocycles. The molecule has 0 aliphatic carbocycles. The summed E-state index contributed by atoms with van der Waals surface area (Å²) in [5.41, 5.74) is 2.73. The second-order valence-electron chi connectivity index (χ2n) is 6.10. The molecule has 0 aromatic heterocycles. The predicted octanol–water partition coefficient (Wildman–Crippen LogP) is 2.65. The highest BCUT2D eigenvalue weighted by molar-refractivity contribution is 5.41.